The third kappa shape index (κ3) is 3.93. The number of carbonyl (C=O) groups excluding carboxylic acids is 3. The van der Waals surface area contributed by atoms with E-state index < -0.39 is 17.5 Å². The van der Waals surface area contributed by atoms with Gasteiger partial charge < -0.3 is 10.6 Å². The van der Waals surface area contributed by atoms with Gasteiger partial charge in [-0.1, -0.05) is 30.3 Å². The third-order valence-electron chi connectivity index (χ3n) is 5.07. The molecule has 3 aromatic rings. The van der Waals surface area contributed by atoms with E-state index in [9.17, 15) is 14.4 Å². The molecule has 4 amide bonds. The van der Waals surface area contributed by atoms with Crippen molar-refractivity contribution in [3.05, 3.63) is 78.1 Å². The first-order valence-electron chi connectivity index (χ1n) is 9.57. The van der Waals surface area contributed by atoms with Crippen molar-refractivity contribution in [3.63, 3.8) is 0 Å². The van der Waals surface area contributed by atoms with Gasteiger partial charge in [0.2, 0.25) is 5.91 Å². The minimum absolute atomic E-state index is 0.148. The van der Waals surface area contributed by atoms with E-state index >= 15 is 0 Å². The largest absolute Gasteiger partial charge is 0.326 e. The van der Waals surface area contributed by atoms with Crippen LogP contribution in [0, 0.1) is 0 Å². The number of nitrogens with zero attached hydrogens (tertiary/aromatic N) is 2. The van der Waals surface area contributed by atoms with Crippen LogP contribution in [0.2, 0.25) is 0 Å². The van der Waals surface area contributed by atoms with E-state index in [2.05, 4.69) is 21.0 Å². The Balaban J connectivity index is 1.38. The highest BCUT2D eigenvalue weighted by Crippen LogP contribution is 2.26. The van der Waals surface area contributed by atoms with Crippen molar-refractivity contribution in [1.82, 2.24) is 20.4 Å². The van der Waals surface area contributed by atoms with Crippen LogP contribution in [0.15, 0.2) is 67.0 Å². The molecule has 2 aromatic carbocycles. The number of amides is 4. The monoisotopic (exact) mass is 403 g/mol. The van der Waals surface area contributed by atoms with Crippen molar-refractivity contribution >= 4 is 23.5 Å². The van der Waals surface area contributed by atoms with Crippen molar-refractivity contribution in [1.29, 1.82) is 0 Å². The number of hydrogen-bond donors (Lipinski definition) is 3. The lowest BCUT2D eigenvalue weighted by Gasteiger charge is -2.21. The zero-order valence-corrected chi connectivity index (χ0v) is 16.4. The third-order valence-corrected chi connectivity index (χ3v) is 5.07. The van der Waals surface area contributed by atoms with E-state index in [4.69, 9.17) is 0 Å². The molecule has 1 aliphatic rings. The molecule has 1 saturated heterocycles. The van der Waals surface area contributed by atoms with Gasteiger partial charge in [0.25, 0.3) is 5.91 Å². The fourth-order valence-corrected chi connectivity index (χ4v) is 3.35. The van der Waals surface area contributed by atoms with Crippen LogP contribution in [-0.2, 0) is 21.5 Å². The summed E-state index contributed by atoms with van der Waals surface area (Å²) in [5.41, 5.74) is 1.91. The Morgan fingerprint density at radius 1 is 1.13 bits per heavy atom. The molecule has 0 radical (unpaired) electrons. The Morgan fingerprint density at radius 2 is 1.93 bits per heavy atom. The lowest BCUT2D eigenvalue weighted by atomic mass is 9.92. The average Bonchev–Trinajstić information content (AvgIpc) is 3.32. The van der Waals surface area contributed by atoms with E-state index in [-0.39, 0.29) is 5.91 Å². The van der Waals surface area contributed by atoms with E-state index in [1.165, 1.54) is 0 Å². The number of aryl methyl sites for hydroxylation is 1. The highest BCUT2D eigenvalue weighted by Gasteiger charge is 2.43. The number of benzene rings is 2. The van der Waals surface area contributed by atoms with Gasteiger partial charge >= 0.3 is 6.03 Å². The maximum Gasteiger partial charge on any atom is 0.322 e. The second-order valence-corrected chi connectivity index (χ2v) is 7.29. The number of para-hydroxylation sites is 1. The predicted molar refractivity (Wildman–Crippen MR) is 111 cm³/mol. The summed E-state index contributed by atoms with van der Waals surface area (Å²) in [4.78, 5) is 36.0. The zero-order valence-electron chi connectivity index (χ0n) is 16.4. The van der Waals surface area contributed by atoms with Crippen molar-refractivity contribution in [2.45, 2.75) is 25.3 Å². The van der Waals surface area contributed by atoms with Gasteiger partial charge in [-0.3, -0.25) is 14.9 Å². The average molecular weight is 403 g/mol. The molecule has 1 aromatic heterocycles. The van der Waals surface area contributed by atoms with E-state index in [1.807, 2.05) is 36.5 Å². The maximum atomic E-state index is 12.4. The van der Waals surface area contributed by atoms with Gasteiger partial charge in [-0.2, -0.15) is 5.10 Å². The fourth-order valence-electron chi connectivity index (χ4n) is 3.35. The van der Waals surface area contributed by atoms with Crippen molar-refractivity contribution in [2.75, 3.05) is 5.32 Å². The second-order valence-electron chi connectivity index (χ2n) is 7.29. The van der Waals surface area contributed by atoms with Crippen LogP contribution in [0.3, 0.4) is 0 Å². The first-order valence-corrected chi connectivity index (χ1v) is 9.57. The van der Waals surface area contributed by atoms with Crippen LogP contribution in [0.4, 0.5) is 10.5 Å². The Hall–Kier alpha value is -3.94. The normalized spacial score (nSPS) is 18.0. The summed E-state index contributed by atoms with van der Waals surface area (Å²) in [7, 11) is 0. The number of anilines is 1. The summed E-state index contributed by atoms with van der Waals surface area (Å²) in [5, 5.41) is 12.0. The number of nitrogens with one attached hydrogen (secondary N) is 3. The van der Waals surface area contributed by atoms with Gasteiger partial charge in [-0.05, 0) is 48.7 Å². The topological polar surface area (TPSA) is 105 Å². The van der Waals surface area contributed by atoms with Crippen LogP contribution < -0.4 is 16.0 Å². The zero-order chi connectivity index (χ0) is 21.1. The van der Waals surface area contributed by atoms with Crippen molar-refractivity contribution in [3.8, 4) is 5.69 Å². The number of rotatable bonds is 6. The Bertz CT molecular complexity index is 1110. The number of aromatic nitrogens is 2. The number of urea groups is 1. The van der Waals surface area contributed by atoms with Crippen molar-refractivity contribution < 1.29 is 14.4 Å². The fraction of sp³-hybridized carbons (Fsp3) is 0.182. The molecule has 0 bridgehead atoms. The molecule has 152 valence electrons. The van der Waals surface area contributed by atoms with Crippen LogP contribution in [0.25, 0.3) is 5.69 Å². The second kappa shape index (κ2) is 7.82. The minimum Gasteiger partial charge on any atom is -0.326 e. The van der Waals surface area contributed by atoms with Gasteiger partial charge in [-0.25, -0.2) is 9.48 Å². The summed E-state index contributed by atoms with van der Waals surface area (Å²) in [6, 6.07) is 16.1. The highest BCUT2D eigenvalue weighted by molar-refractivity contribution is 6.07. The predicted octanol–water partition coefficient (Wildman–Crippen LogP) is 2.50. The molecule has 0 aliphatic carbocycles. The smallest absolute Gasteiger partial charge is 0.322 e. The maximum absolute atomic E-state index is 12.4. The van der Waals surface area contributed by atoms with Crippen LogP contribution in [-0.4, -0.2) is 27.6 Å². The van der Waals surface area contributed by atoms with Gasteiger partial charge in [0, 0.05) is 18.3 Å². The Labute approximate surface area is 173 Å². The molecule has 2 heterocycles. The quantitative estimate of drug-likeness (QED) is 0.550. The van der Waals surface area contributed by atoms with Crippen LogP contribution in [0.1, 0.15) is 24.5 Å². The molecule has 3 N–H and O–H groups in total. The summed E-state index contributed by atoms with van der Waals surface area (Å²) in [6.07, 6.45) is 4.50. The molecule has 30 heavy (non-hydrogen) atoms. The van der Waals surface area contributed by atoms with E-state index in [1.54, 1.807) is 42.1 Å². The van der Waals surface area contributed by atoms with Crippen LogP contribution in [0.5, 0.6) is 0 Å². The summed E-state index contributed by atoms with van der Waals surface area (Å²) < 4.78 is 1.78. The lowest BCUT2D eigenvalue weighted by molar-refractivity contribution is -0.123. The SMILES string of the molecule is C[C@@]1(c2cccc(NC(=O)CCc3cnn(-c4ccccc4)c3)c2)NC(=O)NC1=O. The molecular weight excluding hydrogens is 382 g/mol. The summed E-state index contributed by atoms with van der Waals surface area (Å²) in [5.74, 6) is -0.573. The van der Waals surface area contributed by atoms with E-state index in [0.717, 1.165) is 11.3 Å². The first-order chi connectivity index (χ1) is 14.4. The van der Waals surface area contributed by atoms with Gasteiger partial charge in [0.05, 0.1) is 11.9 Å². The molecule has 4 rings (SSSR count). The molecule has 8 heteroatoms. The van der Waals surface area contributed by atoms with Gasteiger partial charge in [-0.15, -0.1) is 0 Å². The van der Waals surface area contributed by atoms with Crippen molar-refractivity contribution in [2.24, 2.45) is 0 Å². The first kappa shape index (κ1) is 19.4. The summed E-state index contributed by atoms with van der Waals surface area (Å²) >= 11 is 0. The number of imide groups is 1. The molecule has 1 fully saturated rings. The molecule has 1 aliphatic heterocycles. The van der Waals surface area contributed by atoms with Gasteiger partial charge in [0.15, 0.2) is 0 Å². The molecule has 8 nitrogen and oxygen atoms in total. The lowest BCUT2D eigenvalue weighted by Crippen LogP contribution is -2.40. The Kier molecular flexibility index (Phi) is 5.05. The molecule has 0 unspecified atom stereocenters. The van der Waals surface area contributed by atoms with Gasteiger partial charge in [0.1, 0.15) is 5.54 Å². The van der Waals surface area contributed by atoms with Crippen LogP contribution >= 0.6 is 0 Å². The molecule has 0 saturated carbocycles. The number of hydrogen-bond acceptors (Lipinski definition) is 4. The number of carbonyl (C=O) groups is 3. The Morgan fingerprint density at radius 3 is 2.67 bits per heavy atom. The molecular formula is C22H21N5O3. The summed E-state index contributed by atoms with van der Waals surface area (Å²) in [6.45, 7) is 1.62. The molecule has 1 atom stereocenters. The van der Waals surface area contributed by atoms with E-state index in [0.29, 0.717) is 24.1 Å². The highest BCUT2D eigenvalue weighted by atomic mass is 16.2. The standard InChI is InChI=1S/C22H21N5O3/c1-22(20(29)25-21(30)26-22)16-6-5-7-17(12-16)24-19(28)11-10-15-13-23-27(14-15)18-8-3-2-4-9-18/h2-9,12-14H,10-11H2,1H3,(H,24,28)(H2,25,26,29,30)/t22-/m0/s1. The molecule has 0 spiro atoms. The minimum atomic E-state index is -1.16.